The lowest BCUT2D eigenvalue weighted by Crippen LogP contribution is -2.19. The maximum Gasteiger partial charge on any atom is 0.128 e. The number of fused-ring (bicyclic) bond motifs is 1. The maximum absolute atomic E-state index is 13.2. The molecule has 0 fully saturated rings. The van der Waals surface area contributed by atoms with Gasteiger partial charge in [-0.1, -0.05) is 12.1 Å². The predicted molar refractivity (Wildman–Crippen MR) is 65.7 cm³/mol. The quantitative estimate of drug-likeness (QED) is 0.852. The fourth-order valence-corrected chi connectivity index (χ4v) is 2.30. The molecule has 0 saturated carbocycles. The smallest absolute Gasteiger partial charge is 0.128 e. The van der Waals surface area contributed by atoms with Crippen LogP contribution in [0.4, 0.5) is 8.78 Å². The Morgan fingerprint density at radius 2 is 1.68 bits per heavy atom. The summed E-state index contributed by atoms with van der Waals surface area (Å²) in [6, 6.07) is 9.97. The number of hydrogen-bond donors (Lipinski definition) is 1. The molecule has 0 aromatic heterocycles. The summed E-state index contributed by atoms with van der Waals surface area (Å²) < 4.78 is 31.8. The summed E-state index contributed by atoms with van der Waals surface area (Å²) in [7, 11) is 0. The maximum atomic E-state index is 13.2. The summed E-state index contributed by atoms with van der Waals surface area (Å²) in [6.07, 6.45) is -0.742. The molecule has 0 spiro atoms. The van der Waals surface area contributed by atoms with Gasteiger partial charge in [-0.3, -0.25) is 0 Å². The van der Waals surface area contributed by atoms with E-state index in [4.69, 9.17) is 4.74 Å². The normalized spacial score (nSPS) is 21.6. The molecule has 19 heavy (non-hydrogen) atoms. The Morgan fingerprint density at radius 1 is 1.00 bits per heavy atom. The van der Waals surface area contributed by atoms with Crippen LogP contribution in [-0.2, 0) is 0 Å². The monoisotopic (exact) mass is 262 g/mol. The van der Waals surface area contributed by atoms with E-state index in [0.29, 0.717) is 17.7 Å². The molecule has 2 unspecified atom stereocenters. The van der Waals surface area contributed by atoms with E-state index in [1.54, 1.807) is 12.1 Å². The molecule has 1 N–H and O–H groups in total. The van der Waals surface area contributed by atoms with Gasteiger partial charge in [-0.2, -0.15) is 0 Å². The summed E-state index contributed by atoms with van der Waals surface area (Å²) in [5.41, 5.74) is 1.34. The Morgan fingerprint density at radius 3 is 2.42 bits per heavy atom. The molecule has 4 heteroatoms. The van der Waals surface area contributed by atoms with Crippen LogP contribution in [0.1, 0.15) is 29.8 Å². The molecule has 0 amide bonds. The number of ether oxygens (including phenoxy) is 1. The van der Waals surface area contributed by atoms with Crippen molar-refractivity contribution in [3.05, 3.63) is 65.2 Å². The second kappa shape index (κ2) is 4.63. The minimum atomic E-state index is -0.709. The van der Waals surface area contributed by atoms with Crippen LogP contribution in [0.2, 0.25) is 0 Å². The van der Waals surface area contributed by atoms with Gasteiger partial charge in [0.2, 0.25) is 0 Å². The van der Waals surface area contributed by atoms with Crippen molar-refractivity contribution < 1.29 is 18.6 Å². The molecule has 2 nitrogen and oxygen atoms in total. The van der Waals surface area contributed by atoms with Gasteiger partial charge in [-0.15, -0.1) is 0 Å². The zero-order valence-corrected chi connectivity index (χ0v) is 10.0. The minimum Gasteiger partial charge on any atom is -0.485 e. The Balaban J connectivity index is 1.93. The van der Waals surface area contributed by atoms with Gasteiger partial charge < -0.3 is 9.84 Å². The van der Waals surface area contributed by atoms with Crippen molar-refractivity contribution in [3.8, 4) is 5.75 Å². The zero-order valence-electron chi connectivity index (χ0n) is 10.0. The van der Waals surface area contributed by atoms with Gasteiger partial charge in [0.1, 0.15) is 23.5 Å². The van der Waals surface area contributed by atoms with Crippen molar-refractivity contribution in [1.82, 2.24) is 0 Å². The third-order valence-corrected chi connectivity index (χ3v) is 3.28. The molecule has 2 aromatic carbocycles. The van der Waals surface area contributed by atoms with Gasteiger partial charge in [-0.05, 0) is 29.8 Å². The van der Waals surface area contributed by atoms with Crippen molar-refractivity contribution in [2.45, 2.75) is 18.6 Å². The van der Waals surface area contributed by atoms with Crippen LogP contribution in [-0.4, -0.2) is 5.11 Å². The molecular formula is C15H12F2O2. The second-order valence-corrected chi connectivity index (χ2v) is 4.59. The lowest BCUT2D eigenvalue weighted by Gasteiger charge is -2.29. The summed E-state index contributed by atoms with van der Waals surface area (Å²) in [5.74, 6) is -0.398. The second-order valence-electron chi connectivity index (χ2n) is 4.59. The van der Waals surface area contributed by atoms with Crippen LogP contribution < -0.4 is 4.74 Å². The third kappa shape index (κ3) is 2.31. The lowest BCUT2D eigenvalue weighted by molar-refractivity contribution is 0.0653. The summed E-state index contributed by atoms with van der Waals surface area (Å²) in [4.78, 5) is 0. The summed E-state index contributed by atoms with van der Waals surface area (Å²) in [5, 5.41) is 10.1. The average Bonchev–Trinajstić information content (AvgIpc) is 2.38. The Labute approximate surface area is 109 Å². The van der Waals surface area contributed by atoms with Crippen molar-refractivity contribution in [1.29, 1.82) is 0 Å². The molecule has 98 valence electrons. The topological polar surface area (TPSA) is 29.5 Å². The van der Waals surface area contributed by atoms with Crippen LogP contribution in [0.3, 0.4) is 0 Å². The van der Waals surface area contributed by atoms with Crippen molar-refractivity contribution in [2.75, 3.05) is 0 Å². The molecular weight excluding hydrogens is 250 g/mol. The highest BCUT2D eigenvalue weighted by atomic mass is 19.1. The largest absolute Gasteiger partial charge is 0.485 e. The van der Waals surface area contributed by atoms with E-state index >= 15 is 0 Å². The fraction of sp³-hybridized carbons (Fsp3) is 0.200. The van der Waals surface area contributed by atoms with Gasteiger partial charge in [-0.25, -0.2) is 8.78 Å². The van der Waals surface area contributed by atoms with Crippen LogP contribution in [0.15, 0.2) is 42.5 Å². The first kappa shape index (κ1) is 12.1. The van der Waals surface area contributed by atoms with Crippen LogP contribution in [0, 0.1) is 11.6 Å². The molecule has 1 heterocycles. The van der Waals surface area contributed by atoms with E-state index < -0.39 is 18.0 Å². The fourth-order valence-electron chi connectivity index (χ4n) is 2.30. The first-order chi connectivity index (χ1) is 9.13. The van der Waals surface area contributed by atoms with Gasteiger partial charge in [0.05, 0.1) is 6.10 Å². The number of hydrogen-bond acceptors (Lipinski definition) is 2. The van der Waals surface area contributed by atoms with E-state index in [1.165, 1.54) is 30.3 Å². The number of benzene rings is 2. The molecule has 0 bridgehead atoms. The van der Waals surface area contributed by atoms with Crippen molar-refractivity contribution in [3.63, 3.8) is 0 Å². The van der Waals surface area contributed by atoms with Gasteiger partial charge >= 0.3 is 0 Å². The number of aliphatic hydroxyl groups excluding tert-OH is 1. The Kier molecular flexibility index (Phi) is 2.95. The third-order valence-electron chi connectivity index (χ3n) is 3.28. The molecule has 1 aliphatic rings. The van der Waals surface area contributed by atoms with Crippen LogP contribution >= 0.6 is 0 Å². The molecule has 2 aromatic rings. The van der Waals surface area contributed by atoms with E-state index in [1.807, 2.05) is 0 Å². The highest BCUT2D eigenvalue weighted by Crippen LogP contribution is 2.40. The van der Waals surface area contributed by atoms with Crippen molar-refractivity contribution in [2.24, 2.45) is 0 Å². The number of aliphatic hydroxyl groups is 1. The number of rotatable bonds is 1. The van der Waals surface area contributed by atoms with E-state index in [0.717, 1.165) is 5.56 Å². The van der Waals surface area contributed by atoms with E-state index in [-0.39, 0.29) is 5.82 Å². The molecule has 2 atom stereocenters. The molecule has 0 radical (unpaired) electrons. The Hall–Kier alpha value is -1.94. The molecule has 0 aliphatic carbocycles. The molecule has 0 saturated heterocycles. The lowest BCUT2D eigenvalue weighted by atomic mass is 9.95. The number of halogens is 2. The summed E-state index contributed by atoms with van der Waals surface area (Å²) >= 11 is 0. The highest BCUT2D eigenvalue weighted by molar-refractivity contribution is 5.39. The Bertz CT molecular complexity index is 596. The summed E-state index contributed by atoms with van der Waals surface area (Å²) in [6.45, 7) is 0. The SMILES string of the molecule is OC1CC(c2ccc(F)cc2)Oc2cc(F)ccc21. The predicted octanol–water partition coefficient (Wildman–Crippen LogP) is 3.52. The molecule has 3 rings (SSSR count). The minimum absolute atomic E-state index is 0.327. The standard InChI is InChI=1S/C15H12F2O2/c16-10-3-1-9(2-4-10)14-8-13(18)12-6-5-11(17)7-15(12)19-14/h1-7,13-14,18H,8H2. The van der Waals surface area contributed by atoms with Crippen LogP contribution in [0.5, 0.6) is 5.75 Å². The van der Waals surface area contributed by atoms with Gasteiger partial charge in [0, 0.05) is 18.1 Å². The highest BCUT2D eigenvalue weighted by Gasteiger charge is 2.28. The van der Waals surface area contributed by atoms with E-state index in [9.17, 15) is 13.9 Å². The van der Waals surface area contributed by atoms with Crippen LogP contribution in [0.25, 0.3) is 0 Å². The first-order valence-electron chi connectivity index (χ1n) is 6.03. The van der Waals surface area contributed by atoms with E-state index in [2.05, 4.69) is 0 Å². The van der Waals surface area contributed by atoms with Crippen molar-refractivity contribution >= 4 is 0 Å². The van der Waals surface area contributed by atoms with Gasteiger partial charge in [0.15, 0.2) is 0 Å². The first-order valence-corrected chi connectivity index (χ1v) is 6.03. The van der Waals surface area contributed by atoms with Gasteiger partial charge in [0.25, 0.3) is 0 Å². The zero-order chi connectivity index (χ0) is 13.4. The average molecular weight is 262 g/mol. The molecule has 1 aliphatic heterocycles.